The van der Waals surface area contributed by atoms with E-state index >= 15 is 0 Å². The maximum atomic E-state index is 11.3. The molecule has 0 atom stereocenters. The second-order valence-corrected chi connectivity index (χ2v) is 6.51. The number of hydrogen-bond donors (Lipinski definition) is 1. The fourth-order valence-corrected chi connectivity index (χ4v) is 2.98. The van der Waals surface area contributed by atoms with Crippen LogP contribution in [0.25, 0.3) is 0 Å². The third kappa shape index (κ3) is 4.11. The zero-order valence-corrected chi connectivity index (χ0v) is 15.1. The van der Waals surface area contributed by atoms with E-state index in [9.17, 15) is 10.1 Å². The summed E-state index contributed by atoms with van der Waals surface area (Å²) in [6, 6.07) is 13.0. The third-order valence-electron chi connectivity index (χ3n) is 4.46. The molecule has 26 heavy (non-hydrogen) atoms. The molecule has 1 aliphatic rings. The first-order valence-corrected chi connectivity index (χ1v) is 8.64. The molecule has 3 rings (SSSR count). The smallest absolute Gasteiger partial charge is 0.294 e. The van der Waals surface area contributed by atoms with E-state index in [0.717, 1.165) is 42.9 Å². The zero-order valence-electron chi connectivity index (χ0n) is 15.1. The molecule has 7 heteroatoms. The van der Waals surface area contributed by atoms with E-state index in [-0.39, 0.29) is 5.69 Å². The minimum Gasteiger partial charge on any atom is -0.378 e. The van der Waals surface area contributed by atoms with Gasteiger partial charge in [0.25, 0.3) is 5.69 Å². The molecule has 136 valence electrons. The molecule has 7 nitrogen and oxygen atoms in total. The summed E-state index contributed by atoms with van der Waals surface area (Å²) in [6.45, 7) is 1.97. The maximum Gasteiger partial charge on any atom is 0.294 e. The van der Waals surface area contributed by atoms with Crippen molar-refractivity contribution in [2.75, 3.05) is 42.4 Å². The number of nitrogens with one attached hydrogen (secondary N) is 1. The Kier molecular flexibility index (Phi) is 5.36. The average Bonchev–Trinajstić information content (AvgIpc) is 3.16. The van der Waals surface area contributed by atoms with Crippen LogP contribution in [0.5, 0.6) is 0 Å². The van der Waals surface area contributed by atoms with Crippen molar-refractivity contribution in [2.24, 2.45) is 5.10 Å². The van der Waals surface area contributed by atoms with E-state index in [4.69, 9.17) is 0 Å². The molecule has 0 amide bonds. The van der Waals surface area contributed by atoms with Gasteiger partial charge in [0, 0.05) is 44.6 Å². The quantitative estimate of drug-likeness (QED) is 0.487. The lowest BCUT2D eigenvalue weighted by Crippen LogP contribution is -2.17. The number of nitro benzene ring substituents is 1. The average molecular weight is 353 g/mol. The first-order valence-electron chi connectivity index (χ1n) is 8.64. The molecular formula is C19H23N5O2. The lowest BCUT2D eigenvalue weighted by atomic mass is 10.2. The van der Waals surface area contributed by atoms with Crippen molar-refractivity contribution in [3.05, 3.63) is 58.1 Å². The van der Waals surface area contributed by atoms with Crippen molar-refractivity contribution >= 4 is 29.0 Å². The summed E-state index contributed by atoms with van der Waals surface area (Å²) in [5.41, 5.74) is 6.27. The molecule has 1 aliphatic heterocycles. The molecular weight excluding hydrogens is 330 g/mol. The fraction of sp³-hybridized carbons (Fsp3) is 0.316. The summed E-state index contributed by atoms with van der Waals surface area (Å²) in [5, 5.41) is 15.5. The first kappa shape index (κ1) is 17.7. The number of hydrazone groups is 1. The van der Waals surface area contributed by atoms with Crippen molar-refractivity contribution in [1.29, 1.82) is 0 Å². The lowest BCUT2D eigenvalue weighted by Gasteiger charge is -2.18. The van der Waals surface area contributed by atoms with Gasteiger partial charge in [-0.05, 0) is 42.7 Å². The van der Waals surface area contributed by atoms with E-state index in [1.807, 2.05) is 43.3 Å². The van der Waals surface area contributed by atoms with Gasteiger partial charge in [0.2, 0.25) is 0 Å². The van der Waals surface area contributed by atoms with Gasteiger partial charge in [-0.1, -0.05) is 12.1 Å². The van der Waals surface area contributed by atoms with Crippen LogP contribution in [0.2, 0.25) is 0 Å². The Balaban J connectivity index is 1.76. The van der Waals surface area contributed by atoms with Crippen LogP contribution in [0.4, 0.5) is 22.7 Å². The third-order valence-corrected chi connectivity index (χ3v) is 4.46. The molecule has 0 spiro atoms. The largest absolute Gasteiger partial charge is 0.378 e. The standard InChI is InChI=1S/C19H23N5O2/c1-22(2)16-7-5-15(6-8-16)14-20-21-18-13-17(23-11-3-4-12-23)9-10-19(18)24(25)26/h5-10,13-14,21H,3-4,11-12H2,1-2H3/b20-14-. The van der Waals surface area contributed by atoms with Crippen molar-refractivity contribution in [2.45, 2.75) is 12.8 Å². The molecule has 0 aromatic heterocycles. The van der Waals surface area contributed by atoms with E-state index in [1.54, 1.807) is 18.3 Å². The SMILES string of the molecule is CN(C)c1ccc(/C=N\Nc2cc(N3CCCC3)ccc2[N+](=O)[O-])cc1. The summed E-state index contributed by atoms with van der Waals surface area (Å²) < 4.78 is 0. The van der Waals surface area contributed by atoms with Gasteiger partial charge in [0.15, 0.2) is 0 Å². The number of nitrogens with zero attached hydrogens (tertiary/aromatic N) is 4. The van der Waals surface area contributed by atoms with Crippen LogP contribution in [0.15, 0.2) is 47.6 Å². The predicted molar refractivity (Wildman–Crippen MR) is 107 cm³/mol. The molecule has 0 bridgehead atoms. The van der Waals surface area contributed by atoms with Gasteiger partial charge in [-0.15, -0.1) is 0 Å². The Labute approximate surface area is 153 Å². The van der Waals surface area contributed by atoms with Gasteiger partial charge in [0.05, 0.1) is 11.1 Å². The lowest BCUT2D eigenvalue weighted by molar-refractivity contribution is -0.383. The fourth-order valence-electron chi connectivity index (χ4n) is 2.98. The van der Waals surface area contributed by atoms with Gasteiger partial charge >= 0.3 is 0 Å². The molecule has 2 aromatic carbocycles. The van der Waals surface area contributed by atoms with Crippen LogP contribution in [0.1, 0.15) is 18.4 Å². The van der Waals surface area contributed by atoms with E-state index in [2.05, 4.69) is 15.4 Å². The Morgan fingerprint density at radius 2 is 1.85 bits per heavy atom. The minimum absolute atomic E-state index is 0.0213. The van der Waals surface area contributed by atoms with Crippen LogP contribution in [0, 0.1) is 10.1 Å². The van der Waals surface area contributed by atoms with Gasteiger partial charge in [-0.25, -0.2) is 0 Å². The van der Waals surface area contributed by atoms with E-state index in [0.29, 0.717) is 5.69 Å². The molecule has 1 fully saturated rings. The molecule has 0 aliphatic carbocycles. The predicted octanol–water partition coefficient (Wildman–Crippen LogP) is 3.71. The number of benzene rings is 2. The maximum absolute atomic E-state index is 11.3. The molecule has 2 aromatic rings. The highest BCUT2D eigenvalue weighted by Crippen LogP contribution is 2.31. The van der Waals surface area contributed by atoms with Crippen molar-refractivity contribution in [3.63, 3.8) is 0 Å². The number of anilines is 3. The van der Waals surface area contributed by atoms with Gasteiger partial charge in [0.1, 0.15) is 5.69 Å². The summed E-state index contributed by atoms with van der Waals surface area (Å²) in [6.07, 6.45) is 3.97. The Morgan fingerprint density at radius 3 is 2.46 bits per heavy atom. The minimum atomic E-state index is -0.391. The van der Waals surface area contributed by atoms with Crippen molar-refractivity contribution in [3.8, 4) is 0 Å². The van der Waals surface area contributed by atoms with Gasteiger partial charge in [-0.2, -0.15) is 5.10 Å². The van der Waals surface area contributed by atoms with Crippen molar-refractivity contribution < 1.29 is 4.92 Å². The van der Waals surface area contributed by atoms with Crippen molar-refractivity contribution in [1.82, 2.24) is 0 Å². The first-order chi connectivity index (χ1) is 12.5. The van der Waals surface area contributed by atoms with Crippen LogP contribution < -0.4 is 15.2 Å². The second-order valence-electron chi connectivity index (χ2n) is 6.51. The van der Waals surface area contributed by atoms with Crippen LogP contribution >= 0.6 is 0 Å². The molecule has 1 heterocycles. The topological polar surface area (TPSA) is 74.0 Å². The molecule has 0 unspecified atom stereocenters. The summed E-state index contributed by atoms with van der Waals surface area (Å²) >= 11 is 0. The molecule has 1 N–H and O–H groups in total. The summed E-state index contributed by atoms with van der Waals surface area (Å²) in [5.74, 6) is 0. The van der Waals surface area contributed by atoms with Gasteiger partial charge in [-0.3, -0.25) is 15.5 Å². The second kappa shape index (κ2) is 7.86. The Hall–Kier alpha value is -3.09. The molecule has 1 saturated heterocycles. The molecule has 0 saturated carbocycles. The van der Waals surface area contributed by atoms with Crippen LogP contribution in [-0.2, 0) is 0 Å². The Bertz CT molecular complexity index is 796. The highest BCUT2D eigenvalue weighted by atomic mass is 16.6. The van der Waals surface area contributed by atoms with E-state index in [1.165, 1.54) is 6.07 Å². The highest BCUT2D eigenvalue weighted by molar-refractivity contribution is 5.81. The van der Waals surface area contributed by atoms with Crippen LogP contribution in [-0.4, -0.2) is 38.3 Å². The monoisotopic (exact) mass is 353 g/mol. The van der Waals surface area contributed by atoms with Crippen LogP contribution in [0.3, 0.4) is 0 Å². The summed E-state index contributed by atoms with van der Waals surface area (Å²) in [4.78, 5) is 15.1. The normalized spacial score (nSPS) is 14.0. The highest BCUT2D eigenvalue weighted by Gasteiger charge is 2.18. The number of hydrogen-bond acceptors (Lipinski definition) is 6. The Morgan fingerprint density at radius 1 is 1.15 bits per heavy atom. The summed E-state index contributed by atoms with van der Waals surface area (Å²) in [7, 11) is 3.97. The van der Waals surface area contributed by atoms with E-state index < -0.39 is 4.92 Å². The number of nitro groups is 1. The zero-order chi connectivity index (χ0) is 18.5. The number of rotatable bonds is 6. The van der Waals surface area contributed by atoms with Gasteiger partial charge < -0.3 is 9.80 Å². The molecule has 0 radical (unpaired) electrons.